The molecule has 5 aliphatic heterocycles. The lowest BCUT2D eigenvalue weighted by Gasteiger charge is -2.45. The Labute approximate surface area is 332 Å². The van der Waals surface area contributed by atoms with Crippen molar-refractivity contribution < 1.29 is 24.0 Å². The van der Waals surface area contributed by atoms with Crippen LogP contribution in [0, 0.1) is 26.7 Å². The van der Waals surface area contributed by atoms with Crippen LogP contribution < -0.4 is 10.2 Å². The number of halogens is 1. The number of carbonyl (C=O) groups excluding carboxylic acids is 5. The minimum absolute atomic E-state index is 0.0255. The maximum absolute atomic E-state index is 14.0. The first-order chi connectivity index (χ1) is 27.0. The van der Waals surface area contributed by atoms with Gasteiger partial charge in [-0.2, -0.15) is 0 Å². The number of nitrogens with one attached hydrogen (secondary N) is 1. The molecule has 0 saturated carbocycles. The maximum atomic E-state index is 14.0. The predicted molar refractivity (Wildman–Crippen MR) is 210 cm³/mol. The van der Waals surface area contributed by atoms with Crippen LogP contribution in [-0.2, 0) is 14.4 Å². The van der Waals surface area contributed by atoms with Crippen molar-refractivity contribution in [3.8, 4) is 5.00 Å². The van der Waals surface area contributed by atoms with Gasteiger partial charge in [0.1, 0.15) is 22.9 Å². The summed E-state index contributed by atoms with van der Waals surface area (Å²) in [6.45, 7) is 11.1. The van der Waals surface area contributed by atoms with Gasteiger partial charge in [-0.1, -0.05) is 29.8 Å². The molecule has 3 fully saturated rings. The van der Waals surface area contributed by atoms with E-state index in [2.05, 4.69) is 43.7 Å². The molecule has 2 aromatic carbocycles. The molecular weight excluding hydrogens is 754 g/mol. The van der Waals surface area contributed by atoms with Crippen LogP contribution in [0.4, 0.5) is 5.69 Å². The van der Waals surface area contributed by atoms with Gasteiger partial charge in [-0.15, -0.1) is 21.5 Å². The first-order valence-electron chi connectivity index (χ1n) is 18.9. The highest BCUT2D eigenvalue weighted by Crippen LogP contribution is 2.40. The molecule has 14 nitrogen and oxygen atoms in total. The Balaban J connectivity index is 0.841. The number of anilines is 1. The monoisotopic (exact) mass is 793 g/mol. The average molecular weight is 794 g/mol. The molecule has 5 amide bonds. The Morgan fingerprint density at radius 2 is 1.68 bits per heavy atom. The Morgan fingerprint density at radius 3 is 2.41 bits per heavy atom. The third kappa shape index (κ3) is 6.12. The third-order valence-electron chi connectivity index (χ3n) is 11.7. The zero-order valence-electron chi connectivity index (χ0n) is 31.2. The van der Waals surface area contributed by atoms with E-state index < -0.39 is 35.7 Å². The molecule has 4 aromatic rings. The topological polar surface area (TPSA) is 153 Å². The van der Waals surface area contributed by atoms with Crippen LogP contribution in [0.25, 0.3) is 5.00 Å². The molecule has 16 heteroatoms. The molecule has 9 rings (SSSR count). The molecular formula is C40H40ClN9O5S. The number of rotatable bonds is 7. The van der Waals surface area contributed by atoms with Gasteiger partial charge in [0.15, 0.2) is 5.82 Å². The smallest absolute Gasteiger partial charge is 0.264 e. The molecule has 0 aliphatic carbocycles. The van der Waals surface area contributed by atoms with Crippen LogP contribution >= 0.6 is 22.9 Å². The second-order valence-corrected chi connectivity index (χ2v) is 16.8. The van der Waals surface area contributed by atoms with Crippen molar-refractivity contribution in [1.29, 1.82) is 0 Å². The molecule has 1 unspecified atom stereocenters. The molecule has 2 aromatic heterocycles. The zero-order chi connectivity index (χ0) is 39.0. The van der Waals surface area contributed by atoms with Crippen molar-refractivity contribution in [1.82, 2.24) is 34.8 Å². The van der Waals surface area contributed by atoms with Gasteiger partial charge in [-0.05, 0) is 57.0 Å². The van der Waals surface area contributed by atoms with Crippen molar-refractivity contribution >= 4 is 63.9 Å². The number of piperazine rings is 1. The molecule has 1 N–H and O–H groups in total. The van der Waals surface area contributed by atoms with E-state index in [9.17, 15) is 24.0 Å². The Morgan fingerprint density at radius 1 is 0.929 bits per heavy atom. The average Bonchev–Trinajstić information content (AvgIpc) is 3.74. The minimum Gasteiger partial charge on any atom is -0.370 e. The van der Waals surface area contributed by atoms with Crippen molar-refractivity contribution in [3.05, 3.63) is 91.8 Å². The zero-order valence-corrected chi connectivity index (χ0v) is 32.8. The number of imide groups is 2. The highest BCUT2D eigenvalue weighted by Gasteiger charge is 2.47. The molecule has 56 heavy (non-hydrogen) atoms. The number of benzene rings is 2. The summed E-state index contributed by atoms with van der Waals surface area (Å²) >= 11 is 7.95. The molecule has 2 atom stereocenters. The van der Waals surface area contributed by atoms with Gasteiger partial charge in [0, 0.05) is 79.2 Å². The fourth-order valence-electron chi connectivity index (χ4n) is 8.61. The maximum Gasteiger partial charge on any atom is 0.264 e. The van der Waals surface area contributed by atoms with Crippen molar-refractivity contribution in [3.63, 3.8) is 0 Å². The third-order valence-corrected chi connectivity index (χ3v) is 13.2. The summed E-state index contributed by atoms with van der Waals surface area (Å²) in [5.41, 5.74) is 5.22. The number of aromatic nitrogens is 3. The quantitative estimate of drug-likeness (QED) is 0.275. The number of hydrogen-bond donors (Lipinski definition) is 1. The van der Waals surface area contributed by atoms with Gasteiger partial charge in [-0.25, -0.2) is 0 Å². The molecule has 0 spiro atoms. The van der Waals surface area contributed by atoms with Gasteiger partial charge >= 0.3 is 0 Å². The van der Waals surface area contributed by atoms with Crippen LogP contribution in [0.5, 0.6) is 0 Å². The van der Waals surface area contributed by atoms with Crippen LogP contribution in [-0.4, -0.2) is 117 Å². The minimum atomic E-state index is -0.999. The summed E-state index contributed by atoms with van der Waals surface area (Å²) in [7, 11) is 0. The summed E-state index contributed by atoms with van der Waals surface area (Å²) in [4.78, 5) is 79.0. The number of piperidine rings is 1. The van der Waals surface area contributed by atoms with Crippen molar-refractivity contribution in [2.75, 3.05) is 50.7 Å². The first kappa shape index (κ1) is 36.4. The van der Waals surface area contributed by atoms with E-state index in [0.717, 1.165) is 70.9 Å². The number of hydrogen-bond acceptors (Lipinski definition) is 11. The van der Waals surface area contributed by atoms with Gasteiger partial charge in [-0.3, -0.25) is 48.6 Å². The van der Waals surface area contributed by atoms with E-state index in [1.807, 2.05) is 42.2 Å². The summed E-state index contributed by atoms with van der Waals surface area (Å²) in [5.74, 6) is -0.230. The summed E-state index contributed by atoms with van der Waals surface area (Å²) in [5, 5.41) is 12.9. The molecule has 3 saturated heterocycles. The Kier molecular flexibility index (Phi) is 9.13. The lowest BCUT2D eigenvalue weighted by Crippen LogP contribution is -2.56. The van der Waals surface area contributed by atoms with Gasteiger partial charge < -0.3 is 9.80 Å². The number of fused-ring (bicyclic) bond motifs is 4. The first-order valence-corrected chi connectivity index (χ1v) is 20.1. The SMILES string of the molecule is Cc1sc2c(c1C)C(c1ccc(Cl)cc1)=N[C@@H](CC(=O)N1CCN(CC3CN(c4cccc5c4C(=O)N(C4CCC(=O)NC4=O)C5=O)C3)CC1)c1nnc(C)n1-2. The summed E-state index contributed by atoms with van der Waals surface area (Å²) in [6.07, 6.45) is 0.366. The Bertz CT molecular complexity index is 2360. The van der Waals surface area contributed by atoms with E-state index in [1.54, 1.807) is 23.5 Å². The number of carbonyl (C=O) groups is 5. The Hall–Kier alpha value is -5.25. The van der Waals surface area contributed by atoms with E-state index in [4.69, 9.17) is 16.6 Å². The molecule has 0 radical (unpaired) electrons. The number of aryl methyl sites for hydroxylation is 2. The van der Waals surface area contributed by atoms with Crippen LogP contribution in [0.3, 0.4) is 0 Å². The molecule has 5 aliphatic rings. The fourth-order valence-corrected chi connectivity index (χ4v) is 9.95. The standard InChI is InChI=1S/C40H40ClN9O5S/c1-21-22(2)56-40-33(21)35(25-7-9-26(41)10-8-25)42-28(36-45-44-23(3)49(36)40)17-32(52)47-15-13-46(14-16-47)18-24-19-48(20-24)29-6-4-5-27-34(29)39(55)50(38(27)54)30-11-12-31(51)43-37(30)53/h4-10,24,28,30H,11-20H2,1-3H3,(H,43,51,53)/t28-,30?/m0/s1. The highest BCUT2D eigenvalue weighted by atomic mass is 35.5. The lowest BCUT2D eigenvalue weighted by atomic mass is 9.95. The highest BCUT2D eigenvalue weighted by molar-refractivity contribution is 7.15. The van der Waals surface area contributed by atoms with Crippen molar-refractivity contribution in [2.24, 2.45) is 10.9 Å². The molecule has 7 heterocycles. The van der Waals surface area contributed by atoms with Gasteiger partial charge in [0.05, 0.1) is 28.9 Å². The lowest BCUT2D eigenvalue weighted by molar-refractivity contribution is -0.136. The van der Waals surface area contributed by atoms with E-state index in [0.29, 0.717) is 41.1 Å². The van der Waals surface area contributed by atoms with Crippen LogP contribution in [0.1, 0.15) is 79.2 Å². The second-order valence-electron chi connectivity index (χ2n) is 15.2. The second kappa shape index (κ2) is 14.0. The van der Waals surface area contributed by atoms with Crippen molar-refractivity contribution in [2.45, 2.75) is 52.1 Å². The van der Waals surface area contributed by atoms with Gasteiger partial charge in [0.25, 0.3) is 11.8 Å². The van der Waals surface area contributed by atoms with Crippen LogP contribution in [0.15, 0.2) is 47.5 Å². The normalized spacial score (nSPS) is 21.4. The largest absolute Gasteiger partial charge is 0.370 e. The van der Waals surface area contributed by atoms with E-state index >= 15 is 0 Å². The summed E-state index contributed by atoms with van der Waals surface area (Å²) < 4.78 is 2.07. The number of nitrogens with zero attached hydrogens (tertiary/aromatic N) is 8. The summed E-state index contributed by atoms with van der Waals surface area (Å²) in [6, 6.07) is 11.4. The van der Waals surface area contributed by atoms with E-state index in [-0.39, 0.29) is 30.7 Å². The number of aliphatic imine (C=N–C) groups is 1. The number of amides is 5. The van der Waals surface area contributed by atoms with E-state index in [1.165, 1.54) is 4.88 Å². The van der Waals surface area contributed by atoms with Gasteiger partial charge in [0.2, 0.25) is 17.7 Å². The number of thiophene rings is 1. The van der Waals surface area contributed by atoms with Crippen LogP contribution in [0.2, 0.25) is 5.02 Å². The molecule has 288 valence electrons. The molecule has 0 bridgehead atoms. The predicted octanol–water partition coefficient (Wildman–Crippen LogP) is 3.87. The fraction of sp³-hybridized carbons (Fsp3) is 0.400.